The maximum absolute atomic E-state index is 15.8. The minimum Gasteiger partial charge on any atom is -0.308 e. The lowest BCUT2D eigenvalue weighted by Gasteiger charge is -2.36. The molecule has 0 saturated carbocycles. The molecule has 1 N–H and O–H groups in total. The summed E-state index contributed by atoms with van der Waals surface area (Å²) in [5, 5.41) is 0.0924. The van der Waals surface area contributed by atoms with E-state index in [4.69, 9.17) is 23.2 Å². The molecule has 1 aliphatic heterocycles. The number of alkyl halides is 1. The third kappa shape index (κ3) is 5.42. The monoisotopic (exact) mass is 570 g/mol. The third-order valence-corrected chi connectivity index (χ3v) is 8.75. The molecular weight excluding hydrogens is 550 g/mol. The molecule has 1 aliphatic rings. The van der Waals surface area contributed by atoms with E-state index in [0.29, 0.717) is 16.8 Å². The van der Waals surface area contributed by atoms with Crippen molar-refractivity contribution in [2.45, 2.75) is 28.4 Å². The third-order valence-electron chi connectivity index (χ3n) is 5.71. The van der Waals surface area contributed by atoms with E-state index in [1.54, 1.807) is 42.5 Å². The average molecular weight is 571 g/mol. The van der Waals surface area contributed by atoms with Gasteiger partial charge < -0.3 is 4.90 Å². The molecule has 3 aromatic carbocycles. The number of nitrogens with one attached hydrogen (secondary N) is 1. The van der Waals surface area contributed by atoms with Crippen LogP contribution in [0.4, 0.5) is 10.1 Å². The minimum atomic E-state index is -4.46. The molecule has 0 radical (unpaired) electrons. The zero-order valence-corrected chi connectivity index (χ0v) is 22.1. The molecule has 190 valence electrons. The van der Waals surface area contributed by atoms with Gasteiger partial charge in [-0.3, -0.25) is 4.79 Å². The van der Waals surface area contributed by atoms with Crippen LogP contribution in [0.1, 0.15) is 12.8 Å². The highest BCUT2D eigenvalue weighted by molar-refractivity contribution is 7.91. The van der Waals surface area contributed by atoms with Crippen LogP contribution in [0, 0.1) is 0 Å². The Balaban J connectivity index is 1.61. The summed E-state index contributed by atoms with van der Waals surface area (Å²) < 4.78 is 67.6. The largest absolute Gasteiger partial charge is 0.308 e. The maximum Gasteiger partial charge on any atom is 0.280 e. The smallest absolute Gasteiger partial charge is 0.280 e. The quantitative estimate of drug-likeness (QED) is 0.427. The molecule has 36 heavy (non-hydrogen) atoms. The van der Waals surface area contributed by atoms with E-state index >= 15 is 4.39 Å². The number of nitrogens with zero attached hydrogens (tertiary/aromatic N) is 1. The van der Waals surface area contributed by atoms with Gasteiger partial charge >= 0.3 is 0 Å². The van der Waals surface area contributed by atoms with Crippen molar-refractivity contribution in [1.29, 1.82) is 0 Å². The van der Waals surface area contributed by atoms with Crippen molar-refractivity contribution in [3.05, 3.63) is 76.8 Å². The summed E-state index contributed by atoms with van der Waals surface area (Å²) >= 11 is 11.8. The standard InChI is InChI=1S/C24H21Cl2FN2O5S2/c1-35(31,32)22-6-3-2-5-21(22)16-7-9-19(10-8-16)29-12-4-11-24(27,23(29)30)28-36(33,34)20-14-17(25)13-18(26)15-20/h2-3,5-10,13-15,28H,4,11-12H2,1H3. The fourth-order valence-corrected chi connectivity index (χ4v) is 6.91. The van der Waals surface area contributed by atoms with Gasteiger partial charge in [0.25, 0.3) is 11.7 Å². The molecule has 1 unspecified atom stereocenters. The molecule has 0 aromatic heterocycles. The van der Waals surface area contributed by atoms with Gasteiger partial charge in [0.1, 0.15) is 0 Å². The van der Waals surface area contributed by atoms with Crippen molar-refractivity contribution in [3.63, 3.8) is 0 Å². The summed E-state index contributed by atoms with van der Waals surface area (Å²) in [6, 6.07) is 16.4. The van der Waals surface area contributed by atoms with Crippen LogP contribution in [-0.4, -0.2) is 41.3 Å². The maximum atomic E-state index is 15.8. The van der Waals surface area contributed by atoms with Crippen molar-refractivity contribution in [3.8, 4) is 11.1 Å². The number of anilines is 1. The first-order valence-corrected chi connectivity index (χ1v) is 14.8. The van der Waals surface area contributed by atoms with Gasteiger partial charge in [0, 0.05) is 40.5 Å². The highest BCUT2D eigenvalue weighted by Crippen LogP contribution is 2.33. The molecule has 1 saturated heterocycles. The molecule has 7 nitrogen and oxygen atoms in total. The van der Waals surface area contributed by atoms with Crippen LogP contribution in [0.3, 0.4) is 0 Å². The van der Waals surface area contributed by atoms with Crippen molar-refractivity contribution < 1.29 is 26.0 Å². The summed E-state index contributed by atoms with van der Waals surface area (Å²) in [6.07, 6.45) is 0.960. The van der Waals surface area contributed by atoms with E-state index in [2.05, 4.69) is 0 Å². The van der Waals surface area contributed by atoms with E-state index in [1.165, 1.54) is 12.1 Å². The predicted octanol–water partition coefficient (Wildman–Crippen LogP) is 4.84. The number of hydrogen-bond donors (Lipinski definition) is 1. The summed E-state index contributed by atoms with van der Waals surface area (Å²) in [4.78, 5) is 14.1. The van der Waals surface area contributed by atoms with E-state index in [-0.39, 0.29) is 39.2 Å². The van der Waals surface area contributed by atoms with E-state index in [0.717, 1.165) is 23.3 Å². The molecule has 0 bridgehead atoms. The van der Waals surface area contributed by atoms with Crippen LogP contribution in [0.5, 0.6) is 0 Å². The van der Waals surface area contributed by atoms with Crippen molar-refractivity contribution >= 4 is 54.7 Å². The molecule has 1 fully saturated rings. The fourth-order valence-electron chi connectivity index (χ4n) is 4.05. The Morgan fingerprint density at radius 1 is 0.944 bits per heavy atom. The number of sulfone groups is 1. The molecule has 4 rings (SSSR count). The van der Waals surface area contributed by atoms with Crippen LogP contribution in [0.25, 0.3) is 11.1 Å². The number of halogens is 3. The number of amides is 1. The molecular formula is C24H21Cl2FN2O5S2. The number of rotatable bonds is 6. The normalized spacial score (nSPS) is 18.9. The van der Waals surface area contributed by atoms with Crippen molar-refractivity contribution in [2.75, 3.05) is 17.7 Å². The van der Waals surface area contributed by atoms with Crippen LogP contribution in [0.15, 0.2) is 76.5 Å². The van der Waals surface area contributed by atoms with Crippen molar-refractivity contribution in [1.82, 2.24) is 4.72 Å². The van der Waals surface area contributed by atoms with E-state index < -0.39 is 31.6 Å². The van der Waals surface area contributed by atoms with Crippen LogP contribution >= 0.6 is 23.2 Å². The SMILES string of the molecule is CS(=O)(=O)c1ccccc1-c1ccc(N2CCCC(F)(NS(=O)(=O)c3cc(Cl)cc(Cl)c3)C2=O)cc1. The summed E-state index contributed by atoms with van der Waals surface area (Å²) in [6.45, 7) is 0.175. The Bertz CT molecular complexity index is 1530. The van der Waals surface area contributed by atoms with Crippen LogP contribution < -0.4 is 9.62 Å². The number of sulfonamides is 1. The topological polar surface area (TPSA) is 101 Å². The number of benzene rings is 3. The fraction of sp³-hybridized carbons (Fsp3) is 0.208. The van der Waals surface area contributed by atoms with Crippen LogP contribution in [-0.2, 0) is 24.7 Å². The Morgan fingerprint density at radius 2 is 1.56 bits per heavy atom. The number of hydrogen-bond acceptors (Lipinski definition) is 5. The second kappa shape index (κ2) is 9.75. The molecule has 12 heteroatoms. The number of carbonyl (C=O) groups excluding carboxylic acids is 1. The second-order valence-corrected chi connectivity index (χ2v) is 12.9. The highest BCUT2D eigenvalue weighted by Gasteiger charge is 2.48. The summed E-state index contributed by atoms with van der Waals surface area (Å²) in [5.74, 6) is -3.94. The predicted molar refractivity (Wildman–Crippen MR) is 137 cm³/mol. The van der Waals surface area contributed by atoms with Gasteiger partial charge in [0.15, 0.2) is 9.84 Å². The molecule has 0 aliphatic carbocycles. The summed E-state index contributed by atoms with van der Waals surface area (Å²) in [5.41, 5.74) is 1.42. The lowest BCUT2D eigenvalue weighted by molar-refractivity contribution is -0.133. The van der Waals surface area contributed by atoms with Gasteiger partial charge in [-0.05, 0) is 48.4 Å². The van der Waals surface area contributed by atoms with Gasteiger partial charge in [-0.25, -0.2) is 21.2 Å². The van der Waals surface area contributed by atoms with Gasteiger partial charge in [-0.15, -0.1) is 0 Å². The number of piperidine rings is 1. The van der Waals surface area contributed by atoms with Gasteiger partial charge in [0.05, 0.1) is 9.79 Å². The first-order valence-electron chi connectivity index (χ1n) is 10.7. The Morgan fingerprint density at radius 3 is 2.17 bits per heavy atom. The van der Waals surface area contributed by atoms with E-state index in [1.807, 2.05) is 4.72 Å². The lowest BCUT2D eigenvalue weighted by atomic mass is 10.0. The zero-order chi connectivity index (χ0) is 26.3. The molecule has 0 spiro atoms. The summed E-state index contributed by atoms with van der Waals surface area (Å²) in [7, 11) is -7.94. The molecule has 1 atom stereocenters. The molecule has 1 amide bonds. The van der Waals surface area contributed by atoms with Gasteiger partial charge in [-0.1, -0.05) is 53.5 Å². The Kier molecular flexibility index (Phi) is 7.20. The average Bonchev–Trinajstić information content (AvgIpc) is 2.80. The Labute approximate surface area is 218 Å². The van der Waals surface area contributed by atoms with Gasteiger partial charge in [0.2, 0.25) is 10.0 Å². The first kappa shape index (κ1) is 26.6. The minimum absolute atomic E-state index is 0.0462. The van der Waals surface area contributed by atoms with E-state index in [9.17, 15) is 21.6 Å². The zero-order valence-electron chi connectivity index (χ0n) is 18.9. The lowest BCUT2D eigenvalue weighted by Crippen LogP contribution is -2.60. The highest BCUT2D eigenvalue weighted by atomic mass is 35.5. The Hall–Kier alpha value is -2.50. The molecule has 1 heterocycles. The van der Waals surface area contributed by atoms with Crippen molar-refractivity contribution in [2.24, 2.45) is 0 Å². The van der Waals surface area contributed by atoms with Crippen LogP contribution in [0.2, 0.25) is 10.0 Å². The van der Waals surface area contributed by atoms with Gasteiger partial charge in [-0.2, -0.15) is 4.72 Å². The number of carbonyl (C=O) groups is 1. The first-order chi connectivity index (χ1) is 16.8. The second-order valence-electron chi connectivity index (χ2n) is 8.39. The molecule has 3 aromatic rings.